The van der Waals surface area contributed by atoms with Gasteiger partial charge in [0.25, 0.3) is 5.91 Å². The lowest BCUT2D eigenvalue weighted by atomic mass is 10.1. The number of carbonyl (C=O) groups excluding carboxylic acids is 2. The van der Waals surface area contributed by atoms with Crippen molar-refractivity contribution in [3.8, 4) is 0 Å². The Balaban J connectivity index is 1.70. The van der Waals surface area contributed by atoms with E-state index in [9.17, 15) is 14.0 Å². The Morgan fingerprint density at radius 3 is 2.87 bits per heavy atom. The molecule has 0 aliphatic carbocycles. The van der Waals surface area contributed by atoms with Gasteiger partial charge in [0.1, 0.15) is 5.82 Å². The van der Waals surface area contributed by atoms with Crippen molar-refractivity contribution in [2.24, 2.45) is 0 Å². The van der Waals surface area contributed by atoms with Crippen molar-refractivity contribution in [3.05, 3.63) is 59.4 Å². The summed E-state index contributed by atoms with van der Waals surface area (Å²) in [5.41, 5.74) is 1.60. The Kier molecular flexibility index (Phi) is 4.34. The van der Waals surface area contributed by atoms with Crippen molar-refractivity contribution in [2.45, 2.75) is 23.6 Å². The second-order valence-electron chi connectivity index (χ2n) is 5.24. The predicted octanol–water partition coefficient (Wildman–Crippen LogP) is 3.19. The number of carbonyl (C=O) groups is 2. The zero-order chi connectivity index (χ0) is 16.4. The van der Waals surface area contributed by atoms with E-state index in [-0.39, 0.29) is 23.3 Å². The van der Waals surface area contributed by atoms with Crippen LogP contribution in [0.1, 0.15) is 22.8 Å². The molecule has 0 saturated heterocycles. The molecule has 2 amide bonds. The van der Waals surface area contributed by atoms with Crippen molar-refractivity contribution in [1.82, 2.24) is 5.32 Å². The van der Waals surface area contributed by atoms with Gasteiger partial charge in [0, 0.05) is 11.4 Å². The fraction of sp³-hybridized carbons (Fsp3) is 0.176. The third-order valence-electron chi connectivity index (χ3n) is 3.55. The van der Waals surface area contributed by atoms with E-state index in [0.717, 1.165) is 16.1 Å². The van der Waals surface area contributed by atoms with E-state index in [1.807, 2.05) is 25.1 Å². The first-order chi connectivity index (χ1) is 11.0. The summed E-state index contributed by atoms with van der Waals surface area (Å²) < 4.78 is 13.6. The van der Waals surface area contributed by atoms with Gasteiger partial charge in [-0.15, -0.1) is 11.8 Å². The number of nitrogens with one attached hydrogen (secondary N) is 2. The van der Waals surface area contributed by atoms with E-state index in [0.29, 0.717) is 0 Å². The Labute approximate surface area is 137 Å². The monoisotopic (exact) mass is 330 g/mol. The fourth-order valence-electron chi connectivity index (χ4n) is 2.29. The molecule has 2 N–H and O–H groups in total. The van der Waals surface area contributed by atoms with Crippen LogP contribution in [-0.2, 0) is 11.3 Å². The average Bonchev–Trinajstić information content (AvgIpc) is 2.54. The Hall–Kier alpha value is -2.34. The van der Waals surface area contributed by atoms with Gasteiger partial charge in [0.15, 0.2) is 0 Å². The number of amides is 2. The molecule has 0 bridgehead atoms. The molecule has 4 nitrogen and oxygen atoms in total. The summed E-state index contributed by atoms with van der Waals surface area (Å²) in [5, 5.41) is 5.41. The summed E-state index contributed by atoms with van der Waals surface area (Å²) in [6.45, 7) is 2.11. The summed E-state index contributed by atoms with van der Waals surface area (Å²) >= 11 is 1.50. The summed E-state index contributed by atoms with van der Waals surface area (Å²) in [4.78, 5) is 24.7. The smallest absolute Gasteiger partial charge is 0.254 e. The molecule has 23 heavy (non-hydrogen) atoms. The van der Waals surface area contributed by atoms with Gasteiger partial charge >= 0.3 is 0 Å². The molecule has 118 valence electrons. The van der Waals surface area contributed by atoms with Crippen LogP contribution in [0.5, 0.6) is 0 Å². The highest BCUT2D eigenvalue weighted by atomic mass is 32.2. The molecule has 0 aromatic heterocycles. The zero-order valence-corrected chi connectivity index (χ0v) is 13.2. The predicted molar refractivity (Wildman–Crippen MR) is 88.0 cm³/mol. The number of hydrogen-bond donors (Lipinski definition) is 2. The van der Waals surface area contributed by atoms with Crippen LogP contribution in [0.25, 0.3) is 0 Å². The van der Waals surface area contributed by atoms with Crippen molar-refractivity contribution >= 4 is 29.3 Å². The highest BCUT2D eigenvalue weighted by Gasteiger charge is 2.23. The van der Waals surface area contributed by atoms with Gasteiger partial charge in [0.2, 0.25) is 5.91 Å². The molecular formula is C17H15FN2O2S. The number of thioether (sulfide) groups is 1. The average molecular weight is 330 g/mol. The SMILES string of the molecule is CC1Sc2ccc(CNC(=O)c3ccccc3F)cc2NC1=O. The van der Waals surface area contributed by atoms with Crippen LogP contribution in [0.2, 0.25) is 0 Å². The van der Waals surface area contributed by atoms with Gasteiger partial charge in [0.05, 0.1) is 16.5 Å². The van der Waals surface area contributed by atoms with Gasteiger partial charge in [-0.25, -0.2) is 4.39 Å². The van der Waals surface area contributed by atoms with Crippen molar-refractivity contribution < 1.29 is 14.0 Å². The number of halogens is 1. The number of hydrogen-bond acceptors (Lipinski definition) is 3. The third-order valence-corrected chi connectivity index (χ3v) is 4.72. The van der Waals surface area contributed by atoms with E-state index < -0.39 is 11.7 Å². The summed E-state index contributed by atoms with van der Waals surface area (Å²) in [6.07, 6.45) is 0. The molecule has 0 spiro atoms. The minimum atomic E-state index is -0.548. The van der Waals surface area contributed by atoms with Crippen LogP contribution in [0, 0.1) is 5.82 Å². The highest BCUT2D eigenvalue weighted by molar-refractivity contribution is 8.00. The zero-order valence-electron chi connectivity index (χ0n) is 12.4. The molecule has 1 aliphatic heterocycles. The maximum atomic E-state index is 13.6. The Bertz CT molecular complexity index is 779. The second kappa shape index (κ2) is 6.42. The molecule has 3 rings (SSSR count). The summed E-state index contributed by atoms with van der Waals surface area (Å²) in [5.74, 6) is -1.05. The lowest BCUT2D eigenvalue weighted by Gasteiger charge is -2.22. The molecule has 2 aromatic carbocycles. The topological polar surface area (TPSA) is 58.2 Å². The number of anilines is 1. The Morgan fingerprint density at radius 1 is 1.30 bits per heavy atom. The largest absolute Gasteiger partial charge is 0.348 e. The normalized spacial score (nSPS) is 16.4. The number of rotatable bonds is 3. The van der Waals surface area contributed by atoms with Gasteiger partial charge in [-0.1, -0.05) is 18.2 Å². The quantitative estimate of drug-likeness (QED) is 0.909. The van der Waals surface area contributed by atoms with E-state index in [2.05, 4.69) is 10.6 Å². The van der Waals surface area contributed by atoms with Crippen LogP contribution in [0.4, 0.5) is 10.1 Å². The van der Waals surface area contributed by atoms with Crippen molar-refractivity contribution in [3.63, 3.8) is 0 Å². The van der Waals surface area contributed by atoms with E-state index >= 15 is 0 Å². The van der Waals surface area contributed by atoms with Gasteiger partial charge in [-0.05, 0) is 36.8 Å². The minimum Gasteiger partial charge on any atom is -0.348 e. The number of fused-ring (bicyclic) bond motifs is 1. The van der Waals surface area contributed by atoms with Gasteiger partial charge in [-0.3, -0.25) is 9.59 Å². The maximum Gasteiger partial charge on any atom is 0.254 e. The third kappa shape index (κ3) is 3.37. The van der Waals surface area contributed by atoms with Crippen molar-refractivity contribution in [1.29, 1.82) is 0 Å². The second-order valence-corrected chi connectivity index (χ2v) is 6.63. The first kappa shape index (κ1) is 15.6. The maximum absolute atomic E-state index is 13.6. The molecular weight excluding hydrogens is 315 g/mol. The van der Waals surface area contributed by atoms with E-state index in [1.165, 1.54) is 30.0 Å². The first-order valence-electron chi connectivity index (χ1n) is 7.18. The van der Waals surface area contributed by atoms with Crippen molar-refractivity contribution in [2.75, 3.05) is 5.32 Å². The lowest BCUT2D eigenvalue weighted by molar-refractivity contribution is -0.115. The van der Waals surface area contributed by atoms with Crippen LogP contribution in [0.3, 0.4) is 0 Å². The molecule has 1 unspecified atom stereocenters. The molecule has 6 heteroatoms. The molecule has 2 aromatic rings. The molecule has 1 heterocycles. The molecule has 1 atom stereocenters. The van der Waals surface area contributed by atoms with Gasteiger partial charge in [-0.2, -0.15) is 0 Å². The summed E-state index contributed by atoms with van der Waals surface area (Å²) in [6, 6.07) is 11.5. The molecule has 1 aliphatic rings. The Morgan fingerprint density at radius 2 is 2.09 bits per heavy atom. The molecule has 0 fully saturated rings. The highest BCUT2D eigenvalue weighted by Crippen LogP contribution is 2.35. The first-order valence-corrected chi connectivity index (χ1v) is 8.06. The minimum absolute atomic E-state index is 0.0168. The molecule has 0 saturated carbocycles. The van der Waals surface area contributed by atoms with E-state index in [4.69, 9.17) is 0 Å². The lowest BCUT2D eigenvalue weighted by Crippen LogP contribution is -2.27. The van der Waals surface area contributed by atoms with Crippen LogP contribution in [0.15, 0.2) is 47.4 Å². The fourth-order valence-corrected chi connectivity index (χ4v) is 3.22. The van der Waals surface area contributed by atoms with Crippen LogP contribution in [-0.4, -0.2) is 17.1 Å². The number of benzene rings is 2. The van der Waals surface area contributed by atoms with Gasteiger partial charge < -0.3 is 10.6 Å². The van der Waals surface area contributed by atoms with Crippen LogP contribution < -0.4 is 10.6 Å². The van der Waals surface area contributed by atoms with E-state index in [1.54, 1.807) is 6.07 Å². The summed E-state index contributed by atoms with van der Waals surface area (Å²) in [7, 11) is 0. The van der Waals surface area contributed by atoms with Crippen LogP contribution >= 0.6 is 11.8 Å². The molecule has 0 radical (unpaired) electrons. The standard InChI is InChI=1S/C17H15FN2O2S/c1-10-16(21)20-14-8-11(6-7-15(14)23-10)9-19-17(22)12-4-2-3-5-13(12)18/h2-8,10H,9H2,1H3,(H,19,22)(H,20,21).